The number of hydrogen-bond donors (Lipinski definition) is 0. The first-order chi connectivity index (χ1) is 15.4. The van der Waals surface area contributed by atoms with Gasteiger partial charge in [-0.15, -0.1) is 6.58 Å². The van der Waals surface area contributed by atoms with Gasteiger partial charge >= 0.3 is 0 Å². The van der Waals surface area contributed by atoms with Gasteiger partial charge in [0.2, 0.25) is 0 Å². The summed E-state index contributed by atoms with van der Waals surface area (Å²) < 4.78 is 61.2. The fourth-order valence-corrected chi connectivity index (χ4v) is 5.10. The Morgan fingerprint density at radius 2 is 1.69 bits per heavy atom. The molecular formula is C28H28F4. The van der Waals surface area contributed by atoms with E-state index < -0.39 is 29.9 Å². The van der Waals surface area contributed by atoms with E-state index in [2.05, 4.69) is 6.58 Å². The van der Waals surface area contributed by atoms with Crippen molar-refractivity contribution >= 4 is 0 Å². The maximum atomic E-state index is 15.6. The number of halogens is 4. The van der Waals surface area contributed by atoms with Gasteiger partial charge in [0.25, 0.3) is 0 Å². The van der Waals surface area contributed by atoms with Gasteiger partial charge in [0.05, 0.1) is 0 Å². The number of aryl methyl sites for hydroxylation is 1. The number of rotatable bonds is 6. The molecule has 0 spiro atoms. The zero-order valence-electron chi connectivity index (χ0n) is 18.5. The largest absolute Gasteiger partial charge is 0.239 e. The Kier molecular flexibility index (Phi) is 6.41. The quantitative estimate of drug-likeness (QED) is 0.311. The highest BCUT2D eigenvalue weighted by Gasteiger charge is 2.47. The topological polar surface area (TPSA) is 0 Å². The summed E-state index contributed by atoms with van der Waals surface area (Å²) in [7, 11) is 0. The Bertz CT molecular complexity index is 1080. The van der Waals surface area contributed by atoms with Crippen molar-refractivity contribution < 1.29 is 17.6 Å². The molecule has 0 N–H and O–H groups in total. The van der Waals surface area contributed by atoms with E-state index in [1.807, 2.05) is 32.1 Å². The highest BCUT2D eigenvalue weighted by Crippen LogP contribution is 2.54. The molecule has 4 rings (SSSR count). The lowest BCUT2D eigenvalue weighted by molar-refractivity contribution is 0.167. The van der Waals surface area contributed by atoms with E-state index in [0.717, 1.165) is 18.4 Å². The lowest BCUT2D eigenvalue weighted by Gasteiger charge is -2.39. The summed E-state index contributed by atoms with van der Waals surface area (Å²) in [6.45, 7) is 7.49. The fraction of sp³-hybridized carbons (Fsp3) is 0.357. The maximum Gasteiger partial charge on any atom is 0.163 e. The van der Waals surface area contributed by atoms with Gasteiger partial charge in [-0.3, -0.25) is 0 Å². The number of allylic oxidation sites excluding steroid dienone is 5. The van der Waals surface area contributed by atoms with Crippen LogP contribution in [0.5, 0.6) is 0 Å². The third-order valence-electron chi connectivity index (χ3n) is 6.66. The zero-order valence-corrected chi connectivity index (χ0v) is 18.5. The Morgan fingerprint density at radius 1 is 0.969 bits per heavy atom. The molecule has 0 heterocycles. The minimum atomic E-state index is -2.23. The SMILES string of the molecule is C=CCCc1ccc(-c2ccc3c(c2F)C(F)C(F)C2=C(F)C(CCC)=CC(C)C23)cc1. The summed E-state index contributed by atoms with van der Waals surface area (Å²) in [6, 6.07) is 10.6. The minimum Gasteiger partial charge on any atom is -0.239 e. The molecule has 0 bridgehead atoms. The number of fused-ring (bicyclic) bond motifs is 3. The monoisotopic (exact) mass is 440 g/mol. The lowest BCUT2D eigenvalue weighted by atomic mass is 9.67. The highest BCUT2D eigenvalue weighted by molar-refractivity contribution is 5.68. The van der Waals surface area contributed by atoms with Crippen molar-refractivity contribution in [3.05, 3.63) is 94.6 Å². The smallest absolute Gasteiger partial charge is 0.163 e. The van der Waals surface area contributed by atoms with Gasteiger partial charge in [0.1, 0.15) is 11.6 Å². The van der Waals surface area contributed by atoms with E-state index in [0.29, 0.717) is 29.5 Å². The van der Waals surface area contributed by atoms with Crippen LogP contribution >= 0.6 is 0 Å². The molecule has 4 atom stereocenters. The average molecular weight is 441 g/mol. The summed E-state index contributed by atoms with van der Waals surface area (Å²) in [5.74, 6) is -2.36. The molecule has 0 aromatic heterocycles. The van der Waals surface area contributed by atoms with Gasteiger partial charge in [-0.2, -0.15) is 0 Å². The Balaban J connectivity index is 1.78. The predicted molar refractivity (Wildman–Crippen MR) is 122 cm³/mol. The van der Waals surface area contributed by atoms with Crippen LogP contribution in [0.3, 0.4) is 0 Å². The molecule has 2 aliphatic carbocycles. The Hall–Kier alpha value is -2.62. The van der Waals surface area contributed by atoms with E-state index in [4.69, 9.17) is 0 Å². The van der Waals surface area contributed by atoms with Crippen molar-refractivity contribution in [3.63, 3.8) is 0 Å². The molecule has 4 unspecified atom stereocenters. The van der Waals surface area contributed by atoms with E-state index in [-0.39, 0.29) is 22.6 Å². The fourth-order valence-electron chi connectivity index (χ4n) is 5.10. The summed E-state index contributed by atoms with van der Waals surface area (Å²) in [5, 5.41) is 0. The van der Waals surface area contributed by atoms with Crippen LogP contribution in [0.15, 0.2) is 72.1 Å². The van der Waals surface area contributed by atoms with Crippen LogP contribution in [0.2, 0.25) is 0 Å². The van der Waals surface area contributed by atoms with E-state index in [1.54, 1.807) is 30.3 Å². The Morgan fingerprint density at radius 3 is 2.34 bits per heavy atom. The number of alkyl halides is 2. The second-order valence-electron chi connectivity index (χ2n) is 8.81. The molecule has 2 aliphatic rings. The molecule has 0 amide bonds. The minimum absolute atomic E-state index is 0.165. The summed E-state index contributed by atoms with van der Waals surface area (Å²) >= 11 is 0. The van der Waals surface area contributed by atoms with Crippen LogP contribution in [0.4, 0.5) is 17.6 Å². The molecule has 32 heavy (non-hydrogen) atoms. The molecule has 4 heteroatoms. The molecule has 168 valence electrons. The van der Waals surface area contributed by atoms with Crippen LogP contribution < -0.4 is 0 Å². The van der Waals surface area contributed by atoms with Gasteiger partial charge in [0.15, 0.2) is 12.3 Å². The summed E-state index contributed by atoms with van der Waals surface area (Å²) in [5.41, 5.74) is 2.26. The first-order valence-electron chi connectivity index (χ1n) is 11.3. The first-order valence-corrected chi connectivity index (χ1v) is 11.3. The molecule has 2 aromatic rings. The lowest BCUT2D eigenvalue weighted by Crippen LogP contribution is -2.32. The van der Waals surface area contributed by atoms with Crippen LogP contribution in [-0.4, -0.2) is 6.17 Å². The van der Waals surface area contributed by atoms with Gasteiger partial charge in [-0.25, -0.2) is 17.6 Å². The van der Waals surface area contributed by atoms with Crippen molar-refractivity contribution in [2.24, 2.45) is 5.92 Å². The summed E-state index contributed by atoms with van der Waals surface area (Å²) in [4.78, 5) is 0. The molecule has 0 saturated heterocycles. The van der Waals surface area contributed by atoms with Crippen molar-refractivity contribution in [1.82, 2.24) is 0 Å². The average Bonchev–Trinajstić information content (AvgIpc) is 2.78. The highest BCUT2D eigenvalue weighted by atomic mass is 19.2. The number of benzene rings is 2. The van der Waals surface area contributed by atoms with Crippen molar-refractivity contribution in [2.75, 3.05) is 0 Å². The van der Waals surface area contributed by atoms with Crippen LogP contribution in [0.1, 0.15) is 61.9 Å². The van der Waals surface area contributed by atoms with E-state index >= 15 is 17.6 Å². The second-order valence-corrected chi connectivity index (χ2v) is 8.81. The maximum absolute atomic E-state index is 15.6. The molecule has 0 fully saturated rings. The van der Waals surface area contributed by atoms with Gasteiger partial charge in [-0.05, 0) is 47.4 Å². The molecule has 0 radical (unpaired) electrons. The van der Waals surface area contributed by atoms with E-state index in [1.165, 1.54) is 0 Å². The van der Waals surface area contributed by atoms with Crippen LogP contribution in [0, 0.1) is 11.7 Å². The standard InChI is InChI=1S/C28H28F4/c1-4-6-8-17-9-11-18(12-10-17)20-13-14-21-22-16(3)15-19(7-5-2)25(29)24(22)28(32)27(31)23(21)26(20)30/h4,9-16,22,27-28H,1,5-8H2,2-3H3. The molecular weight excluding hydrogens is 412 g/mol. The normalized spacial score (nSPS) is 24.6. The van der Waals surface area contributed by atoms with E-state index in [9.17, 15) is 0 Å². The number of hydrogen-bond acceptors (Lipinski definition) is 0. The third-order valence-corrected chi connectivity index (χ3v) is 6.66. The van der Waals surface area contributed by atoms with Gasteiger partial charge < -0.3 is 0 Å². The zero-order chi connectivity index (χ0) is 23.0. The first kappa shape index (κ1) is 22.6. The predicted octanol–water partition coefficient (Wildman–Crippen LogP) is 8.66. The van der Waals surface area contributed by atoms with Gasteiger partial charge in [0, 0.05) is 22.6 Å². The molecule has 0 nitrogen and oxygen atoms in total. The van der Waals surface area contributed by atoms with Crippen LogP contribution in [-0.2, 0) is 6.42 Å². The summed E-state index contributed by atoms with van der Waals surface area (Å²) in [6.07, 6.45) is 2.05. The van der Waals surface area contributed by atoms with Crippen molar-refractivity contribution in [3.8, 4) is 11.1 Å². The molecule has 0 aliphatic heterocycles. The Labute approximate surface area is 187 Å². The second kappa shape index (κ2) is 9.09. The molecule has 0 saturated carbocycles. The van der Waals surface area contributed by atoms with Crippen molar-refractivity contribution in [1.29, 1.82) is 0 Å². The van der Waals surface area contributed by atoms with Crippen molar-refractivity contribution in [2.45, 2.75) is 57.8 Å². The molecule has 2 aromatic carbocycles. The van der Waals surface area contributed by atoms with Gasteiger partial charge in [-0.1, -0.05) is 68.8 Å². The van der Waals surface area contributed by atoms with Crippen LogP contribution in [0.25, 0.3) is 11.1 Å². The third kappa shape index (κ3) is 3.74.